The van der Waals surface area contributed by atoms with Crippen LogP contribution in [0.1, 0.15) is 6.92 Å². The van der Waals surface area contributed by atoms with Crippen LogP contribution >= 0.6 is 0 Å². The van der Waals surface area contributed by atoms with E-state index in [2.05, 4.69) is 10.7 Å². The largest absolute Gasteiger partial charge is 0.480 e. The summed E-state index contributed by atoms with van der Waals surface area (Å²) in [5, 5.41) is 16.9. The Hall–Kier alpha value is -4.02. The molecule has 0 saturated heterocycles. The number of aromatic nitrogens is 1. The van der Waals surface area contributed by atoms with E-state index in [0.717, 1.165) is 10.9 Å². The molecule has 0 saturated carbocycles. The summed E-state index contributed by atoms with van der Waals surface area (Å²) in [6.07, 6.45) is 0. The Morgan fingerprint density at radius 1 is 1.10 bits per heavy atom. The summed E-state index contributed by atoms with van der Waals surface area (Å²) < 4.78 is 5.77. The van der Waals surface area contributed by atoms with Gasteiger partial charge in [-0.2, -0.15) is 0 Å². The van der Waals surface area contributed by atoms with Crippen molar-refractivity contribution >= 4 is 39.5 Å². The molecule has 2 aromatic rings. The smallest absolute Gasteiger partial charge is 0.320 e. The molecule has 0 radical (unpaired) electrons. The second-order valence-electron chi connectivity index (χ2n) is 6.43. The summed E-state index contributed by atoms with van der Waals surface area (Å²) in [6.45, 7) is 1.14. The summed E-state index contributed by atoms with van der Waals surface area (Å²) in [7, 11) is 0. The van der Waals surface area contributed by atoms with Crippen LogP contribution in [0.4, 0.5) is 5.69 Å². The summed E-state index contributed by atoms with van der Waals surface area (Å²) >= 11 is 0. The van der Waals surface area contributed by atoms with Gasteiger partial charge < -0.3 is 31.8 Å². The predicted octanol–water partition coefficient (Wildman–Crippen LogP) is 1.48. The molecular weight excluding hydrogens is 404 g/mol. The first-order valence-electron chi connectivity index (χ1n) is 9.06. The van der Waals surface area contributed by atoms with E-state index in [1.54, 1.807) is 18.2 Å². The molecule has 0 fully saturated rings. The highest BCUT2D eigenvalue weighted by Gasteiger charge is 2.15. The molecule has 0 amide bonds. The van der Waals surface area contributed by atoms with Crippen LogP contribution in [0.15, 0.2) is 57.7 Å². The van der Waals surface area contributed by atoms with Crippen molar-refractivity contribution in [3.8, 4) is 11.5 Å². The number of benzene rings is 3. The van der Waals surface area contributed by atoms with Crippen LogP contribution in [0.25, 0.3) is 33.3 Å². The third kappa shape index (κ3) is 5.98. The first-order valence-corrected chi connectivity index (χ1v) is 9.06. The normalized spacial score (nSPS) is 11.2. The third-order valence-corrected chi connectivity index (χ3v) is 3.94. The fourth-order valence-corrected chi connectivity index (χ4v) is 2.44. The summed E-state index contributed by atoms with van der Waals surface area (Å²) in [6, 6.07) is 13.5. The number of aliphatic carboxylic acids is 2. The molecule has 0 spiro atoms. The van der Waals surface area contributed by atoms with Crippen molar-refractivity contribution in [2.75, 3.05) is 12.3 Å². The van der Waals surface area contributed by atoms with Crippen molar-refractivity contribution in [2.45, 2.75) is 13.0 Å². The number of rotatable bonds is 2. The minimum Gasteiger partial charge on any atom is -0.480 e. The maximum atomic E-state index is 12.1. The van der Waals surface area contributed by atoms with Crippen LogP contribution in [0.3, 0.4) is 0 Å². The molecule has 2 aromatic carbocycles. The van der Waals surface area contributed by atoms with Gasteiger partial charge in [0.1, 0.15) is 17.3 Å². The second kappa shape index (κ2) is 10.1. The lowest BCUT2D eigenvalue weighted by atomic mass is 10.0. The molecule has 4 rings (SSSR count). The van der Waals surface area contributed by atoms with E-state index in [0.29, 0.717) is 28.1 Å². The van der Waals surface area contributed by atoms with Gasteiger partial charge in [0.15, 0.2) is 16.8 Å². The Balaban J connectivity index is 0.000000261. The van der Waals surface area contributed by atoms with E-state index < -0.39 is 18.0 Å². The molecule has 0 aromatic heterocycles. The first kappa shape index (κ1) is 23.3. The average molecular weight is 426 g/mol. The Kier molecular flexibility index (Phi) is 7.61. The van der Waals surface area contributed by atoms with E-state index >= 15 is 0 Å². The predicted molar refractivity (Wildman–Crippen MR) is 117 cm³/mol. The van der Waals surface area contributed by atoms with Gasteiger partial charge in [0.25, 0.3) is 0 Å². The Morgan fingerprint density at radius 3 is 2.23 bits per heavy atom. The fourth-order valence-electron chi connectivity index (χ4n) is 2.44. The van der Waals surface area contributed by atoms with Crippen LogP contribution in [-0.4, -0.2) is 39.7 Å². The van der Waals surface area contributed by atoms with E-state index in [9.17, 15) is 14.4 Å². The molecule has 10 nitrogen and oxygen atoms in total. The topological polar surface area (TPSA) is 196 Å². The molecule has 2 aliphatic rings. The Morgan fingerprint density at radius 2 is 1.68 bits per heavy atom. The lowest BCUT2D eigenvalue weighted by Gasteiger charge is -2.09. The van der Waals surface area contributed by atoms with Crippen molar-refractivity contribution in [3.05, 3.63) is 58.8 Å². The lowest BCUT2D eigenvalue weighted by Crippen LogP contribution is -2.25. The number of hydrogen-bond donors (Lipinski definition) is 5. The van der Waals surface area contributed by atoms with E-state index in [-0.39, 0.29) is 12.0 Å². The van der Waals surface area contributed by atoms with Crippen LogP contribution in [0.5, 0.6) is 0 Å². The summed E-state index contributed by atoms with van der Waals surface area (Å²) in [5.41, 5.74) is 17.7. The molecular formula is C21H22N4O6. The zero-order valence-corrected chi connectivity index (χ0v) is 16.6. The molecule has 1 atom stereocenters. The number of nitrogens with zero attached hydrogens (tertiary/aromatic N) is 1. The van der Waals surface area contributed by atoms with Gasteiger partial charge in [-0.15, -0.1) is 0 Å². The van der Waals surface area contributed by atoms with Gasteiger partial charge in [-0.05, 0) is 19.1 Å². The second-order valence-corrected chi connectivity index (χ2v) is 6.43. The zero-order valence-electron chi connectivity index (χ0n) is 16.6. The van der Waals surface area contributed by atoms with Crippen molar-refractivity contribution < 1.29 is 24.2 Å². The van der Waals surface area contributed by atoms with Gasteiger partial charge in [0, 0.05) is 28.6 Å². The number of fused-ring (bicyclic) bond motifs is 4. The van der Waals surface area contributed by atoms with Gasteiger partial charge in [-0.3, -0.25) is 14.4 Å². The van der Waals surface area contributed by atoms with Crippen molar-refractivity contribution in [1.29, 1.82) is 0 Å². The lowest BCUT2D eigenvalue weighted by molar-refractivity contribution is -0.138. The number of carboxylic acid groups (broad SMARTS) is 2. The zero-order chi connectivity index (χ0) is 23.1. The monoisotopic (exact) mass is 426 g/mol. The van der Waals surface area contributed by atoms with E-state index in [1.807, 2.05) is 24.3 Å². The average Bonchev–Trinajstić information content (AvgIpc) is 2.73. The molecule has 1 aliphatic heterocycles. The molecule has 162 valence electrons. The van der Waals surface area contributed by atoms with Gasteiger partial charge in [0.2, 0.25) is 0 Å². The van der Waals surface area contributed by atoms with Crippen molar-refractivity contribution in [1.82, 2.24) is 4.98 Å². The number of hydrogen-bond acceptors (Lipinski definition) is 8. The van der Waals surface area contributed by atoms with Gasteiger partial charge in [-0.25, -0.2) is 4.98 Å². The fraction of sp³-hybridized carbons (Fsp3) is 0.143. The Labute approximate surface area is 176 Å². The van der Waals surface area contributed by atoms with Gasteiger partial charge >= 0.3 is 11.9 Å². The number of carbonyl (C=O) groups is 2. The molecule has 0 unspecified atom stereocenters. The van der Waals surface area contributed by atoms with E-state index in [1.165, 1.54) is 13.0 Å². The van der Waals surface area contributed by atoms with Crippen molar-refractivity contribution in [2.24, 2.45) is 11.5 Å². The highest BCUT2D eigenvalue weighted by molar-refractivity contribution is 5.96. The van der Waals surface area contributed by atoms with Crippen LogP contribution in [-0.2, 0) is 9.59 Å². The Bertz CT molecular complexity index is 1250. The molecule has 31 heavy (non-hydrogen) atoms. The maximum Gasteiger partial charge on any atom is 0.320 e. The van der Waals surface area contributed by atoms with Crippen LogP contribution in [0.2, 0.25) is 0 Å². The van der Waals surface area contributed by atoms with Gasteiger partial charge in [-0.1, -0.05) is 24.3 Å². The first-order chi connectivity index (χ1) is 14.6. The number of anilines is 1. The minimum absolute atomic E-state index is 0.0677. The van der Waals surface area contributed by atoms with E-state index in [4.69, 9.17) is 26.1 Å². The standard InChI is InChI=1S/C16H10N2O2.C3H7NO2.C2H5NO2/c17-9-5-6-12-14(7-9)20-15-8-13(19)10-3-1-2-4-11(10)16(15)18-12;1-2(4)3(5)6;3-1-2(4)5/h1-8H,17H2;2H,4H2,1H3,(H,5,6);1,3H2,(H,4,5)/t;2-;/m.0./s1. The maximum absolute atomic E-state index is 12.1. The number of carboxylic acids is 2. The number of nitrogen functional groups attached to an aromatic ring is 1. The van der Waals surface area contributed by atoms with Crippen LogP contribution < -0.4 is 22.6 Å². The quantitative estimate of drug-likeness (QED) is 0.178. The molecule has 10 heteroatoms. The molecule has 1 heterocycles. The summed E-state index contributed by atoms with van der Waals surface area (Å²) in [5.74, 6) is -1.45. The highest BCUT2D eigenvalue weighted by Crippen LogP contribution is 2.30. The van der Waals surface area contributed by atoms with Crippen molar-refractivity contribution in [3.63, 3.8) is 0 Å². The SMILES string of the molecule is C[C@H](N)C(=O)O.NCC(=O)O.Nc1ccc2nc3c4ccccc4c(=O)cc-3oc2c1. The molecule has 0 bridgehead atoms. The molecule has 1 aliphatic carbocycles. The number of nitrogens with two attached hydrogens (primary N) is 3. The van der Waals surface area contributed by atoms with Gasteiger partial charge in [0.05, 0.1) is 6.54 Å². The third-order valence-electron chi connectivity index (χ3n) is 3.94. The minimum atomic E-state index is -0.968. The molecule has 8 N–H and O–H groups in total. The highest BCUT2D eigenvalue weighted by atomic mass is 16.4. The van der Waals surface area contributed by atoms with Crippen LogP contribution in [0, 0.1) is 0 Å². The summed E-state index contributed by atoms with van der Waals surface area (Å²) in [4.78, 5) is 35.5.